The quantitative estimate of drug-likeness (QED) is 0.0952. The fraction of sp³-hybridized carbons (Fsp3) is 0.909. The summed E-state index contributed by atoms with van der Waals surface area (Å²) in [6.07, 6.45) is 12.9. The van der Waals surface area contributed by atoms with Gasteiger partial charge in [0.1, 0.15) is 12.7 Å². The largest absolute Gasteiger partial charge is 0.508 e. The Kier molecular flexibility index (Phi) is 13.0. The fourth-order valence-corrected chi connectivity index (χ4v) is 10.5. The van der Waals surface area contributed by atoms with E-state index in [1.807, 2.05) is 0 Å². The van der Waals surface area contributed by atoms with Crippen molar-refractivity contribution in [1.29, 1.82) is 0 Å². The predicted molar refractivity (Wildman–Crippen MR) is 168 cm³/mol. The zero-order valence-corrected chi connectivity index (χ0v) is 27.5. The van der Waals surface area contributed by atoms with Crippen molar-refractivity contribution >= 4 is 27.7 Å². The maximum atomic E-state index is 12.3. The molecule has 226 valence electrons. The van der Waals surface area contributed by atoms with E-state index < -0.39 is 6.16 Å². The molecule has 1 N–H and O–H groups in total. The first kappa shape index (κ1) is 33.2. The number of hydrogen-bond acceptors (Lipinski definition) is 6. The van der Waals surface area contributed by atoms with E-state index in [4.69, 9.17) is 14.6 Å². The smallest absolute Gasteiger partial charge is 0.433 e. The Balaban J connectivity index is 1.55. The number of carbonyl (C=O) groups excluding carboxylic acids is 1. The van der Waals surface area contributed by atoms with Gasteiger partial charge in [0.15, 0.2) is 0 Å². The lowest BCUT2D eigenvalue weighted by molar-refractivity contribution is -0.0564. The van der Waals surface area contributed by atoms with Gasteiger partial charge in [-0.3, -0.25) is 0 Å². The second-order valence-electron chi connectivity index (χ2n) is 13.8. The molecule has 6 heteroatoms. The van der Waals surface area contributed by atoms with Gasteiger partial charge in [-0.25, -0.2) is 4.79 Å². The van der Waals surface area contributed by atoms with E-state index in [0.717, 1.165) is 48.9 Å². The summed E-state index contributed by atoms with van der Waals surface area (Å²) in [4.78, 5) is 12.3. The molecule has 1 unspecified atom stereocenters. The minimum Gasteiger partial charge on any atom is -0.433 e. The van der Waals surface area contributed by atoms with Crippen LogP contribution in [0, 0.1) is 46.3 Å². The van der Waals surface area contributed by atoms with Gasteiger partial charge in [0.25, 0.3) is 0 Å². The van der Waals surface area contributed by atoms with Crippen LogP contribution in [-0.4, -0.2) is 42.1 Å². The van der Waals surface area contributed by atoms with E-state index in [9.17, 15) is 4.79 Å². The molecule has 3 saturated carbocycles. The van der Waals surface area contributed by atoms with E-state index in [0.29, 0.717) is 29.4 Å². The average molecular weight is 583 g/mol. The van der Waals surface area contributed by atoms with Gasteiger partial charge in [0, 0.05) is 17.9 Å². The summed E-state index contributed by atoms with van der Waals surface area (Å²) in [5.41, 5.74) is 1.91. The van der Waals surface area contributed by atoms with Crippen molar-refractivity contribution in [3.05, 3.63) is 12.2 Å². The summed E-state index contributed by atoms with van der Waals surface area (Å²) < 4.78 is 11.0. The number of aliphatic hydroxyl groups excluding tert-OH is 1. The Morgan fingerprint density at radius 2 is 1.79 bits per heavy atom. The van der Waals surface area contributed by atoms with E-state index >= 15 is 0 Å². The number of ether oxygens (including phenoxy) is 2. The van der Waals surface area contributed by atoms with Gasteiger partial charge in [-0.05, 0) is 84.9 Å². The summed E-state index contributed by atoms with van der Waals surface area (Å²) in [5.74, 6) is 6.21. The molecule has 0 saturated heterocycles. The SMILES string of the molecule is C=C1C[C@@H](OC(=O)OCCSSCCO)CC[C@]1(C)[C@H]1CC[C@]2(C)C([C@H](C)CCCC(C)C)CC[C@H]2[C@@H]1CC. The van der Waals surface area contributed by atoms with Crippen LogP contribution >= 0.6 is 21.6 Å². The van der Waals surface area contributed by atoms with Gasteiger partial charge in [-0.15, -0.1) is 0 Å². The van der Waals surface area contributed by atoms with Gasteiger partial charge in [0.05, 0.1) is 6.61 Å². The standard InChI is InChI=1S/C33H58O4S2/c1-8-27-29-13-12-28(24(4)11-9-10-23(2)3)33(29,7)17-15-30(27)32(6)16-14-26(22-25(32)5)37-31(35)36-19-21-39-38-20-18-34/h23-24,26-30,34H,5,8-22H2,1-4,6-7H3/t24-,26+,27+,28?,29+,30+,32+,33-/m1/s1. The van der Waals surface area contributed by atoms with Crippen LogP contribution in [-0.2, 0) is 9.47 Å². The Morgan fingerprint density at radius 3 is 2.46 bits per heavy atom. The first-order chi connectivity index (χ1) is 18.6. The minimum atomic E-state index is -0.552. The van der Waals surface area contributed by atoms with Crippen LogP contribution in [0.15, 0.2) is 12.2 Å². The molecule has 8 atom stereocenters. The van der Waals surface area contributed by atoms with Crippen molar-refractivity contribution < 1.29 is 19.4 Å². The topological polar surface area (TPSA) is 55.8 Å². The highest BCUT2D eigenvalue weighted by Crippen LogP contribution is 2.65. The third-order valence-electron chi connectivity index (χ3n) is 11.1. The van der Waals surface area contributed by atoms with Gasteiger partial charge in [-0.1, -0.05) is 101 Å². The summed E-state index contributed by atoms with van der Waals surface area (Å²) in [5, 5.41) is 8.84. The van der Waals surface area contributed by atoms with Gasteiger partial charge in [-0.2, -0.15) is 0 Å². The van der Waals surface area contributed by atoms with Gasteiger partial charge >= 0.3 is 6.16 Å². The molecule has 3 fully saturated rings. The predicted octanol–water partition coefficient (Wildman–Crippen LogP) is 9.56. The van der Waals surface area contributed by atoms with E-state index in [1.165, 1.54) is 56.9 Å². The number of rotatable bonds is 14. The highest BCUT2D eigenvalue weighted by molar-refractivity contribution is 8.76. The fourth-order valence-electron chi connectivity index (χ4n) is 8.95. The van der Waals surface area contributed by atoms with Crippen LogP contribution in [0.25, 0.3) is 0 Å². The summed E-state index contributed by atoms with van der Waals surface area (Å²) in [7, 11) is 3.20. The zero-order valence-electron chi connectivity index (χ0n) is 25.8. The van der Waals surface area contributed by atoms with Crippen LogP contribution in [0.2, 0.25) is 0 Å². The maximum Gasteiger partial charge on any atom is 0.508 e. The zero-order chi connectivity index (χ0) is 28.6. The minimum absolute atomic E-state index is 0.119. The van der Waals surface area contributed by atoms with Crippen molar-refractivity contribution in [3.8, 4) is 0 Å². The molecule has 0 aliphatic heterocycles. The van der Waals surface area contributed by atoms with Crippen LogP contribution in [0.5, 0.6) is 0 Å². The third kappa shape index (κ3) is 8.15. The summed E-state index contributed by atoms with van der Waals surface area (Å²) >= 11 is 0. The Morgan fingerprint density at radius 1 is 1.05 bits per heavy atom. The van der Waals surface area contributed by atoms with E-state index in [2.05, 4.69) is 48.1 Å². The molecule has 39 heavy (non-hydrogen) atoms. The molecular formula is C33H58O4S2. The van der Waals surface area contributed by atoms with Crippen LogP contribution in [0.1, 0.15) is 112 Å². The van der Waals surface area contributed by atoms with Crippen molar-refractivity contribution in [3.63, 3.8) is 0 Å². The Hall–Kier alpha value is -0.330. The van der Waals surface area contributed by atoms with Crippen LogP contribution < -0.4 is 0 Å². The Bertz CT molecular complexity index is 788. The number of fused-ring (bicyclic) bond motifs is 1. The monoisotopic (exact) mass is 582 g/mol. The van der Waals surface area contributed by atoms with E-state index in [-0.39, 0.29) is 18.1 Å². The van der Waals surface area contributed by atoms with Crippen LogP contribution in [0.3, 0.4) is 0 Å². The molecule has 0 aromatic carbocycles. The van der Waals surface area contributed by atoms with E-state index in [1.54, 1.807) is 21.6 Å². The molecule has 0 aromatic heterocycles. The lowest BCUT2D eigenvalue weighted by atomic mass is 9.49. The lowest BCUT2D eigenvalue weighted by Crippen LogP contribution is -2.49. The van der Waals surface area contributed by atoms with Crippen molar-refractivity contribution in [2.75, 3.05) is 24.7 Å². The van der Waals surface area contributed by atoms with Gasteiger partial charge < -0.3 is 14.6 Å². The first-order valence-corrected chi connectivity index (χ1v) is 18.4. The average Bonchev–Trinajstić information content (AvgIpc) is 3.24. The molecule has 3 rings (SSSR count). The lowest BCUT2D eigenvalue weighted by Gasteiger charge is -2.56. The molecule has 0 radical (unpaired) electrons. The number of aliphatic hydroxyl groups is 1. The van der Waals surface area contributed by atoms with Crippen molar-refractivity contribution in [2.45, 2.75) is 118 Å². The second-order valence-corrected chi connectivity index (χ2v) is 16.5. The first-order valence-electron chi connectivity index (χ1n) is 15.9. The Labute approximate surface area is 248 Å². The molecule has 3 aliphatic carbocycles. The van der Waals surface area contributed by atoms with Crippen molar-refractivity contribution in [1.82, 2.24) is 0 Å². The molecule has 0 heterocycles. The normalized spacial score (nSPS) is 35.6. The molecule has 0 spiro atoms. The van der Waals surface area contributed by atoms with Gasteiger partial charge in [0.2, 0.25) is 0 Å². The molecule has 0 bridgehead atoms. The summed E-state index contributed by atoms with van der Waals surface area (Å²) in [6.45, 7) is 19.9. The highest BCUT2D eigenvalue weighted by Gasteiger charge is 2.57. The second kappa shape index (κ2) is 15.2. The molecular weight excluding hydrogens is 524 g/mol. The van der Waals surface area contributed by atoms with Crippen LogP contribution in [0.4, 0.5) is 4.79 Å². The molecule has 0 amide bonds. The van der Waals surface area contributed by atoms with Crippen molar-refractivity contribution in [2.24, 2.45) is 46.3 Å². The highest BCUT2D eigenvalue weighted by atomic mass is 33.1. The maximum absolute atomic E-state index is 12.3. The molecule has 4 nitrogen and oxygen atoms in total. The third-order valence-corrected chi connectivity index (χ3v) is 13.5. The number of carbonyl (C=O) groups is 1. The molecule has 3 aliphatic rings. The molecule has 0 aromatic rings. The number of hydrogen-bond donors (Lipinski definition) is 1. The summed E-state index contributed by atoms with van der Waals surface area (Å²) in [6, 6.07) is 0.